The first-order valence-electron chi connectivity index (χ1n) is 15.2. The zero-order chi connectivity index (χ0) is 32.1. The highest BCUT2D eigenvalue weighted by atomic mass is 16.6. The van der Waals surface area contributed by atoms with Crippen LogP contribution in [0.5, 0.6) is 11.5 Å². The number of hydrogen-bond acceptors (Lipinski definition) is 10. The van der Waals surface area contributed by atoms with Crippen LogP contribution in [0.2, 0.25) is 0 Å². The van der Waals surface area contributed by atoms with Crippen LogP contribution in [0.15, 0.2) is 24.0 Å². The molecule has 2 bridgehead atoms. The Labute approximate surface area is 257 Å². The summed E-state index contributed by atoms with van der Waals surface area (Å²) in [5.74, 6) is -1.000. The molecule has 240 valence electrons. The Bertz CT molecular complexity index is 1380. The SMILES string of the molecule is COc1ccc2c3c1OC1C(OC(=O)C(C)OC(=O)C(C)NC(=O)C(CC(C)C)NC(C)=O)=CCC4C(C2)N(C)CC(O)C314. The summed E-state index contributed by atoms with van der Waals surface area (Å²) in [6, 6.07) is 2.17. The average Bonchev–Trinajstić information content (AvgIpc) is 3.32. The smallest absolute Gasteiger partial charge is 0.352 e. The van der Waals surface area contributed by atoms with Gasteiger partial charge in [-0.1, -0.05) is 19.9 Å². The van der Waals surface area contributed by atoms with E-state index in [9.17, 15) is 24.3 Å². The number of carbonyl (C=O) groups excluding carboxylic acids is 4. The fourth-order valence-electron chi connectivity index (χ4n) is 7.49. The molecule has 8 atom stereocenters. The van der Waals surface area contributed by atoms with Crippen molar-refractivity contribution in [1.82, 2.24) is 15.5 Å². The van der Waals surface area contributed by atoms with Crippen LogP contribution < -0.4 is 20.1 Å². The molecular weight excluding hydrogens is 570 g/mol. The second-order valence-corrected chi connectivity index (χ2v) is 12.9. The number of nitrogens with one attached hydrogen (secondary N) is 2. The number of benzene rings is 1. The van der Waals surface area contributed by atoms with E-state index < -0.39 is 53.7 Å². The molecule has 44 heavy (non-hydrogen) atoms. The molecule has 0 radical (unpaired) electrons. The van der Waals surface area contributed by atoms with E-state index in [0.717, 1.165) is 17.5 Å². The van der Waals surface area contributed by atoms with E-state index in [2.05, 4.69) is 15.5 Å². The number of esters is 2. The highest BCUT2D eigenvalue weighted by molar-refractivity contribution is 5.90. The van der Waals surface area contributed by atoms with Gasteiger partial charge in [0, 0.05) is 25.1 Å². The van der Waals surface area contributed by atoms with Crippen LogP contribution in [0, 0.1) is 11.8 Å². The molecular formula is C32H43N3O9. The second kappa shape index (κ2) is 12.0. The summed E-state index contributed by atoms with van der Waals surface area (Å²) in [7, 11) is 3.58. The summed E-state index contributed by atoms with van der Waals surface area (Å²) in [4.78, 5) is 52.6. The fraction of sp³-hybridized carbons (Fsp3) is 0.625. The molecule has 2 heterocycles. The number of hydrogen-bond donors (Lipinski definition) is 3. The van der Waals surface area contributed by atoms with E-state index >= 15 is 0 Å². The molecule has 0 saturated carbocycles. The lowest BCUT2D eigenvalue weighted by Gasteiger charge is -2.58. The number of methoxy groups -OCH3 is 1. The van der Waals surface area contributed by atoms with Crippen LogP contribution in [0.1, 0.15) is 58.6 Å². The van der Waals surface area contributed by atoms with Crippen molar-refractivity contribution >= 4 is 23.8 Å². The minimum Gasteiger partial charge on any atom is -0.493 e. The number of likely N-dealkylation sites (N-methyl/N-ethyl adjacent to an activating group) is 1. The monoisotopic (exact) mass is 613 g/mol. The number of rotatable bonds is 10. The van der Waals surface area contributed by atoms with Crippen molar-refractivity contribution in [3.8, 4) is 11.5 Å². The Morgan fingerprint density at radius 2 is 1.86 bits per heavy atom. The summed E-state index contributed by atoms with van der Waals surface area (Å²) in [6.45, 7) is 8.42. The molecule has 12 nitrogen and oxygen atoms in total. The number of nitrogens with zero attached hydrogens (tertiary/aromatic N) is 1. The van der Waals surface area contributed by atoms with Gasteiger partial charge in [-0.05, 0) is 69.7 Å². The molecule has 2 aliphatic heterocycles. The number of allylic oxidation sites excluding steroid dienone is 1. The van der Waals surface area contributed by atoms with Crippen LogP contribution in [0.4, 0.5) is 0 Å². The van der Waals surface area contributed by atoms with Gasteiger partial charge in [-0.15, -0.1) is 0 Å². The Morgan fingerprint density at radius 3 is 2.52 bits per heavy atom. The molecule has 5 rings (SSSR count). The number of aliphatic hydroxyl groups is 1. The van der Waals surface area contributed by atoms with Gasteiger partial charge in [0.1, 0.15) is 17.8 Å². The maximum Gasteiger partial charge on any atom is 0.352 e. The number of ether oxygens (including phenoxy) is 4. The lowest BCUT2D eigenvalue weighted by molar-refractivity contribution is -0.168. The Balaban J connectivity index is 1.30. The van der Waals surface area contributed by atoms with Gasteiger partial charge >= 0.3 is 11.9 Å². The van der Waals surface area contributed by atoms with E-state index in [0.29, 0.717) is 30.9 Å². The first-order valence-corrected chi connectivity index (χ1v) is 15.2. The maximum atomic E-state index is 13.3. The number of likely N-dealkylation sites (tertiary alicyclic amines) is 1. The van der Waals surface area contributed by atoms with Crippen molar-refractivity contribution in [3.63, 3.8) is 0 Å². The Morgan fingerprint density at radius 1 is 1.14 bits per heavy atom. The van der Waals surface area contributed by atoms with E-state index in [1.165, 1.54) is 20.8 Å². The molecule has 4 aliphatic rings. The number of piperidine rings is 1. The first kappa shape index (κ1) is 31.8. The first-order chi connectivity index (χ1) is 20.8. The minimum atomic E-state index is -1.30. The lowest BCUT2D eigenvalue weighted by atomic mass is 9.52. The highest BCUT2D eigenvalue weighted by Crippen LogP contribution is 2.63. The zero-order valence-electron chi connectivity index (χ0n) is 26.3. The number of amides is 2. The molecule has 1 spiro atoms. The zero-order valence-corrected chi connectivity index (χ0v) is 26.3. The lowest BCUT2D eigenvalue weighted by Crippen LogP contribution is -2.70. The summed E-state index contributed by atoms with van der Waals surface area (Å²) in [5.41, 5.74) is 1.18. The molecule has 1 fully saturated rings. The van der Waals surface area contributed by atoms with Gasteiger partial charge in [0.15, 0.2) is 23.7 Å². The summed E-state index contributed by atoms with van der Waals surface area (Å²) in [5, 5.41) is 16.8. The largest absolute Gasteiger partial charge is 0.493 e. The molecule has 2 aliphatic carbocycles. The predicted octanol–water partition coefficient (Wildman–Crippen LogP) is 1.36. The Kier molecular flexibility index (Phi) is 8.69. The van der Waals surface area contributed by atoms with Crippen LogP contribution in [-0.2, 0) is 40.5 Å². The summed E-state index contributed by atoms with van der Waals surface area (Å²) in [6.07, 6.45) is 0.746. The van der Waals surface area contributed by atoms with Crippen molar-refractivity contribution < 1.29 is 43.2 Å². The molecule has 1 aromatic rings. The fourth-order valence-corrected chi connectivity index (χ4v) is 7.49. The Hall–Kier alpha value is -3.64. The molecule has 12 heteroatoms. The van der Waals surface area contributed by atoms with Gasteiger partial charge in [-0.3, -0.25) is 9.59 Å². The molecule has 3 N–H and O–H groups in total. The second-order valence-electron chi connectivity index (χ2n) is 12.9. The van der Waals surface area contributed by atoms with Gasteiger partial charge in [-0.25, -0.2) is 9.59 Å². The van der Waals surface area contributed by atoms with E-state index in [1.807, 2.05) is 39.1 Å². The molecule has 1 saturated heterocycles. The molecule has 1 aromatic carbocycles. The van der Waals surface area contributed by atoms with Gasteiger partial charge in [0.2, 0.25) is 11.8 Å². The van der Waals surface area contributed by atoms with Gasteiger partial charge in [0.05, 0.1) is 18.6 Å². The van der Waals surface area contributed by atoms with E-state index in [-0.39, 0.29) is 29.5 Å². The van der Waals surface area contributed by atoms with Crippen molar-refractivity contribution in [3.05, 3.63) is 35.1 Å². The predicted molar refractivity (Wildman–Crippen MR) is 158 cm³/mol. The highest BCUT2D eigenvalue weighted by Gasteiger charge is 2.68. The quantitative estimate of drug-likeness (QED) is 0.330. The van der Waals surface area contributed by atoms with Crippen LogP contribution >= 0.6 is 0 Å². The van der Waals surface area contributed by atoms with Crippen LogP contribution in [-0.4, -0.2) is 90.9 Å². The number of β-amino-alcohol motifs (C(OH)–C–C–N with tert-alkyl or cyclic N) is 1. The van der Waals surface area contributed by atoms with E-state index in [4.69, 9.17) is 18.9 Å². The third-order valence-electron chi connectivity index (χ3n) is 9.40. The molecule has 8 unspecified atom stereocenters. The van der Waals surface area contributed by atoms with Crippen molar-refractivity contribution in [2.45, 2.75) is 95.7 Å². The summed E-state index contributed by atoms with van der Waals surface area (Å²) >= 11 is 0. The third kappa shape index (κ3) is 5.32. The summed E-state index contributed by atoms with van der Waals surface area (Å²) < 4.78 is 23.3. The van der Waals surface area contributed by atoms with E-state index in [1.54, 1.807) is 7.11 Å². The van der Waals surface area contributed by atoms with Crippen molar-refractivity contribution in [1.29, 1.82) is 0 Å². The normalized spacial score (nSPS) is 28.4. The van der Waals surface area contributed by atoms with Gasteiger partial charge in [0.25, 0.3) is 0 Å². The van der Waals surface area contributed by atoms with Crippen LogP contribution in [0.3, 0.4) is 0 Å². The average molecular weight is 614 g/mol. The number of carbonyl (C=O) groups is 4. The van der Waals surface area contributed by atoms with Gasteiger partial charge < -0.3 is 39.6 Å². The topological polar surface area (TPSA) is 153 Å². The van der Waals surface area contributed by atoms with Crippen LogP contribution in [0.25, 0.3) is 0 Å². The van der Waals surface area contributed by atoms with Crippen molar-refractivity contribution in [2.24, 2.45) is 11.8 Å². The molecule has 2 amide bonds. The van der Waals surface area contributed by atoms with Gasteiger partial charge in [-0.2, -0.15) is 0 Å². The minimum absolute atomic E-state index is 0.0290. The third-order valence-corrected chi connectivity index (χ3v) is 9.40. The maximum absolute atomic E-state index is 13.3. The molecule has 0 aromatic heterocycles. The standard InChI is InChI=1S/C32H43N3O9/c1-15(2)12-21(34-18(5)36)29(38)33-16(3)30(39)42-17(4)31(40)43-24-11-9-20-22-13-19-8-10-23(41-7)27-26(19)32(20,28(24)44-27)25(37)14-35(22)6/h8,10-11,15-17,20-22,25,28,37H,9,12-14H2,1-7H3,(H,33,38)(H,34,36). The number of aliphatic hydroxyl groups excluding tert-OH is 1. The van der Waals surface area contributed by atoms with Crippen molar-refractivity contribution in [2.75, 3.05) is 20.7 Å².